The molecule has 2 aromatic heterocycles. The van der Waals surface area contributed by atoms with Gasteiger partial charge in [-0.1, -0.05) is 96.5 Å². The number of aromatic nitrogens is 3. The average Bonchev–Trinajstić information content (AvgIpc) is 3.37. The molecule has 0 fully saturated rings. The molecule has 0 amide bonds. The second kappa shape index (κ2) is 9.25. The van der Waals surface area contributed by atoms with E-state index in [4.69, 9.17) is 31.0 Å². The zero-order chi connectivity index (χ0) is 25.5. The molecule has 0 aliphatic heterocycles. The Bertz CT molecular complexity index is 1910. The van der Waals surface area contributed by atoms with Crippen molar-refractivity contribution in [3.63, 3.8) is 0 Å². The molecular formula is C33H20ClN3O. The number of furan rings is 1. The van der Waals surface area contributed by atoms with Crippen molar-refractivity contribution < 1.29 is 4.42 Å². The topological polar surface area (TPSA) is 51.8 Å². The molecule has 180 valence electrons. The van der Waals surface area contributed by atoms with Crippen LogP contribution in [0.4, 0.5) is 0 Å². The summed E-state index contributed by atoms with van der Waals surface area (Å²) in [5.41, 5.74) is 6.60. The molecule has 4 nitrogen and oxygen atoms in total. The van der Waals surface area contributed by atoms with Crippen LogP contribution in [-0.4, -0.2) is 15.0 Å². The van der Waals surface area contributed by atoms with Gasteiger partial charge in [-0.3, -0.25) is 0 Å². The first kappa shape index (κ1) is 22.4. The smallest absolute Gasteiger partial charge is 0.164 e. The van der Waals surface area contributed by atoms with Crippen LogP contribution in [0.15, 0.2) is 126 Å². The van der Waals surface area contributed by atoms with Crippen LogP contribution in [0.2, 0.25) is 5.02 Å². The van der Waals surface area contributed by atoms with E-state index in [0.29, 0.717) is 22.5 Å². The minimum Gasteiger partial charge on any atom is -0.456 e. The maximum atomic E-state index is 6.16. The Labute approximate surface area is 224 Å². The molecule has 0 saturated heterocycles. The van der Waals surface area contributed by atoms with Gasteiger partial charge in [-0.05, 0) is 47.5 Å². The van der Waals surface area contributed by atoms with Crippen LogP contribution >= 0.6 is 11.6 Å². The summed E-state index contributed by atoms with van der Waals surface area (Å²) in [6, 6.07) is 40.2. The first-order valence-electron chi connectivity index (χ1n) is 12.3. The van der Waals surface area contributed by atoms with E-state index >= 15 is 0 Å². The van der Waals surface area contributed by atoms with Gasteiger partial charge in [-0.15, -0.1) is 0 Å². The van der Waals surface area contributed by atoms with Gasteiger partial charge in [0.1, 0.15) is 11.2 Å². The molecule has 5 heteroatoms. The summed E-state index contributed by atoms with van der Waals surface area (Å²) in [5, 5.41) is 2.68. The van der Waals surface area contributed by atoms with Gasteiger partial charge >= 0.3 is 0 Å². The van der Waals surface area contributed by atoms with E-state index in [-0.39, 0.29) is 0 Å². The summed E-state index contributed by atoms with van der Waals surface area (Å²) in [6.45, 7) is 0. The summed E-state index contributed by atoms with van der Waals surface area (Å²) in [6.07, 6.45) is 0. The number of benzene rings is 5. The molecule has 7 aromatic rings. The van der Waals surface area contributed by atoms with Gasteiger partial charge < -0.3 is 4.42 Å². The fourth-order valence-electron chi connectivity index (χ4n) is 4.76. The monoisotopic (exact) mass is 509 g/mol. The first-order chi connectivity index (χ1) is 18.7. The maximum absolute atomic E-state index is 6.16. The predicted molar refractivity (Wildman–Crippen MR) is 154 cm³/mol. The summed E-state index contributed by atoms with van der Waals surface area (Å²) in [7, 11) is 0. The zero-order valence-electron chi connectivity index (χ0n) is 20.2. The van der Waals surface area contributed by atoms with E-state index in [9.17, 15) is 0 Å². The number of rotatable bonds is 4. The van der Waals surface area contributed by atoms with Crippen molar-refractivity contribution in [2.24, 2.45) is 0 Å². The van der Waals surface area contributed by atoms with E-state index in [0.717, 1.165) is 49.8 Å². The third kappa shape index (κ3) is 4.01. The summed E-state index contributed by atoms with van der Waals surface area (Å²) in [5.74, 6) is 1.77. The van der Waals surface area contributed by atoms with Gasteiger partial charge in [-0.2, -0.15) is 0 Å². The first-order valence-corrected chi connectivity index (χ1v) is 12.7. The fourth-order valence-corrected chi connectivity index (χ4v) is 4.88. The normalized spacial score (nSPS) is 11.3. The zero-order valence-corrected chi connectivity index (χ0v) is 20.9. The lowest BCUT2D eigenvalue weighted by Crippen LogP contribution is -2.00. The molecule has 2 heterocycles. The number of fused-ring (bicyclic) bond motifs is 3. The molecule has 0 unspecified atom stereocenters. The lowest BCUT2D eigenvalue weighted by Gasteiger charge is -2.10. The standard InChI is InChI=1S/C33H20ClN3O/c34-25-19-17-24(18-20-25)32-35-31(23-15-13-22(14-16-23)21-7-2-1-3-8-21)36-33(37-32)27-10-6-12-29-30(27)26-9-4-5-11-28(26)38-29/h1-20H. The molecule has 5 aromatic carbocycles. The quantitative estimate of drug-likeness (QED) is 0.237. The van der Waals surface area contributed by atoms with Crippen LogP contribution in [0.25, 0.3) is 67.2 Å². The summed E-state index contributed by atoms with van der Waals surface area (Å²) >= 11 is 6.16. The van der Waals surface area contributed by atoms with Crippen LogP contribution in [0.1, 0.15) is 0 Å². The Morgan fingerprint density at radius 3 is 1.74 bits per heavy atom. The van der Waals surface area contributed by atoms with E-state index in [1.807, 2.05) is 78.9 Å². The molecule has 0 N–H and O–H groups in total. The highest BCUT2D eigenvalue weighted by molar-refractivity contribution is 6.30. The number of hydrogen-bond donors (Lipinski definition) is 0. The third-order valence-electron chi connectivity index (χ3n) is 6.63. The lowest BCUT2D eigenvalue weighted by atomic mass is 10.0. The van der Waals surface area contributed by atoms with Crippen LogP contribution in [0.3, 0.4) is 0 Å². The molecular weight excluding hydrogens is 490 g/mol. The lowest BCUT2D eigenvalue weighted by molar-refractivity contribution is 0.669. The van der Waals surface area contributed by atoms with Gasteiger partial charge in [0.15, 0.2) is 17.5 Å². The molecule has 0 aliphatic carbocycles. The van der Waals surface area contributed by atoms with Crippen molar-refractivity contribution in [3.8, 4) is 45.3 Å². The molecule has 0 radical (unpaired) electrons. The minimum atomic E-state index is 0.582. The Kier molecular flexibility index (Phi) is 5.46. The largest absolute Gasteiger partial charge is 0.456 e. The number of halogens is 1. The second-order valence-electron chi connectivity index (χ2n) is 9.03. The SMILES string of the molecule is Clc1ccc(-c2nc(-c3ccc(-c4ccccc4)cc3)nc(-c3cccc4oc5ccccc5c34)n2)cc1. The third-order valence-corrected chi connectivity index (χ3v) is 6.88. The molecule has 0 bridgehead atoms. The van der Waals surface area contributed by atoms with Crippen LogP contribution in [0, 0.1) is 0 Å². The minimum absolute atomic E-state index is 0.582. The van der Waals surface area contributed by atoms with Gasteiger partial charge in [-0.25, -0.2) is 15.0 Å². The van der Waals surface area contributed by atoms with E-state index in [1.165, 1.54) is 0 Å². The van der Waals surface area contributed by atoms with Gasteiger partial charge in [0.25, 0.3) is 0 Å². The average molecular weight is 510 g/mol. The Balaban J connectivity index is 1.43. The van der Waals surface area contributed by atoms with E-state index in [2.05, 4.69) is 42.5 Å². The van der Waals surface area contributed by atoms with Gasteiger partial charge in [0.05, 0.1) is 0 Å². The van der Waals surface area contributed by atoms with Crippen molar-refractivity contribution in [2.45, 2.75) is 0 Å². The van der Waals surface area contributed by atoms with Crippen molar-refractivity contribution in [1.29, 1.82) is 0 Å². The fraction of sp³-hybridized carbons (Fsp3) is 0. The molecule has 0 spiro atoms. The van der Waals surface area contributed by atoms with E-state index in [1.54, 1.807) is 0 Å². The van der Waals surface area contributed by atoms with Gasteiger partial charge in [0, 0.05) is 32.5 Å². The highest BCUT2D eigenvalue weighted by Crippen LogP contribution is 2.36. The summed E-state index contributed by atoms with van der Waals surface area (Å²) in [4.78, 5) is 14.8. The van der Waals surface area contributed by atoms with Gasteiger partial charge in [0.2, 0.25) is 0 Å². The van der Waals surface area contributed by atoms with Crippen LogP contribution in [0.5, 0.6) is 0 Å². The van der Waals surface area contributed by atoms with Crippen molar-refractivity contribution in [1.82, 2.24) is 15.0 Å². The molecule has 38 heavy (non-hydrogen) atoms. The van der Waals surface area contributed by atoms with Crippen molar-refractivity contribution >= 4 is 33.5 Å². The number of para-hydroxylation sites is 1. The Morgan fingerprint density at radius 1 is 0.447 bits per heavy atom. The van der Waals surface area contributed by atoms with Crippen LogP contribution < -0.4 is 0 Å². The molecule has 0 aliphatic rings. The highest BCUT2D eigenvalue weighted by atomic mass is 35.5. The van der Waals surface area contributed by atoms with E-state index < -0.39 is 0 Å². The van der Waals surface area contributed by atoms with Crippen molar-refractivity contribution in [2.75, 3.05) is 0 Å². The highest BCUT2D eigenvalue weighted by Gasteiger charge is 2.17. The molecule has 7 rings (SSSR count). The molecule has 0 saturated carbocycles. The second-order valence-corrected chi connectivity index (χ2v) is 9.47. The Morgan fingerprint density at radius 2 is 1.00 bits per heavy atom. The summed E-state index contributed by atoms with van der Waals surface area (Å²) < 4.78 is 6.13. The number of hydrogen-bond acceptors (Lipinski definition) is 4. The number of nitrogens with zero attached hydrogens (tertiary/aromatic N) is 3. The van der Waals surface area contributed by atoms with Crippen LogP contribution in [-0.2, 0) is 0 Å². The Hall–Kier alpha value is -4.80. The predicted octanol–water partition coefficient (Wildman–Crippen LogP) is 9.09. The maximum Gasteiger partial charge on any atom is 0.164 e. The molecule has 0 atom stereocenters. The van der Waals surface area contributed by atoms with Crippen molar-refractivity contribution in [3.05, 3.63) is 126 Å².